The zero-order valence-corrected chi connectivity index (χ0v) is 19.7. The fourth-order valence-corrected chi connectivity index (χ4v) is 5.33. The number of nitrogens with zero attached hydrogens (tertiary/aromatic N) is 3. The van der Waals surface area contributed by atoms with E-state index in [9.17, 15) is 23.3 Å². The number of rotatable bonds is 9. The Morgan fingerprint density at radius 2 is 1.79 bits per heavy atom. The van der Waals surface area contributed by atoms with Crippen molar-refractivity contribution in [3.8, 4) is 5.75 Å². The molecule has 0 N–H and O–H groups in total. The number of carbonyl (C=O) groups is 1. The largest absolute Gasteiger partial charge is 0.490 e. The molecule has 1 heterocycles. The summed E-state index contributed by atoms with van der Waals surface area (Å²) in [6.07, 6.45) is 2.24. The van der Waals surface area contributed by atoms with Crippen LogP contribution in [0.25, 0.3) is 0 Å². The van der Waals surface area contributed by atoms with E-state index in [-0.39, 0.29) is 35.6 Å². The van der Waals surface area contributed by atoms with Gasteiger partial charge in [-0.1, -0.05) is 37.3 Å². The molecule has 1 aliphatic rings. The van der Waals surface area contributed by atoms with Crippen LogP contribution in [0, 0.1) is 16.0 Å². The first kappa shape index (κ1) is 24.7. The SMILES string of the molecule is COc1ccc(S(=O)(=O)N2CCN(C(=O)CC(C)CCc3ccccc3)CC2)cc1[N+](=O)[O-]. The molecule has 10 heteroatoms. The molecule has 0 bridgehead atoms. The highest BCUT2D eigenvalue weighted by Gasteiger charge is 2.32. The second kappa shape index (κ2) is 10.8. The van der Waals surface area contributed by atoms with Crippen LogP contribution in [-0.4, -0.2) is 61.7 Å². The molecule has 9 nitrogen and oxygen atoms in total. The average Bonchev–Trinajstić information content (AvgIpc) is 2.83. The number of methoxy groups -OCH3 is 1. The second-order valence-corrected chi connectivity index (χ2v) is 10.1. The van der Waals surface area contributed by atoms with Gasteiger partial charge in [-0.05, 0) is 36.5 Å². The summed E-state index contributed by atoms with van der Waals surface area (Å²) in [7, 11) is -2.63. The molecule has 1 atom stereocenters. The molecule has 3 rings (SSSR count). The van der Waals surface area contributed by atoms with Crippen molar-refractivity contribution in [2.24, 2.45) is 5.92 Å². The lowest BCUT2D eigenvalue weighted by Gasteiger charge is -2.34. The number of amides is 1. The van der Waals surface area contributed by atoms with Crippen molar-refractivity contribution in [3.63, 3.8) is 0 Å². The Labute approximate surface area is 194 Å². The standard InChI is InChI=1S/C23H29N3O6S/c1-18(8-9-19-6-4-3-5-7-19)16-23(27)24-12-14-25(15-13-24)33(30,31)20-10-11-22(32-2)21(17-20)26(28)29/h3-7,10-11,17-18H,8-9,12-16H2,1-2H3. The van der Waals surface area contributed by atoms with Crippen molar-refractivity contribution in [1.29, 1.82) is 0 Å². The van der Waals surface area contributed by atoms with E-state index < -0.39 is 20.6 Å². The minimum absolute atomic E-state index is 0.00394. The molecular formula is C23H29N3O6S. The topological polar surface area (TPSA) is 110 Å². The smallest absolute Gasteiger partial charge is 0.312 e. The Balaban J connectivity index is 1.55. The van der Waals surface area contributed by atoms with Crippen LogP contribution < -0.4 is 4.74 Å². The maximum Gasteiger partial charge on any atom is 0.312 e. The van der Waals surface area contributed by atoms with E-state index in [0.717, 1.165) is 18.9 Å². The molecule has 1 aliphatic heterocycles. The van der Waals surface area contributed by atoms with Gasteiger partial charge in [0, 0.05) is 38.7 Å². The molecule has 2 aromatic carbocycles. The highest BCUT2D eigenvalue weighted by atomic mass is 32.2. The second-order valence-electron chi connectivity index (χ2n) is 8.21. The third-order valence-electron chi connectivity index (χ3n) is 5.87. The van der Waals surface area contributed by atoms with Gasteiger partial charge < -0.3 is 9.64 Å². The summed E-state index contributed by atoms with van der Waals surface area (Å²) in [5, 5.41) is 11.2. The fourth-order valence-electron chi connectivity index (χ4n) is 3.89. The number of ether oxygens (including phenoxy) is 1. The quantitative estimate of drug-likeness (QED) is 0.407. The number of benzene rings is 2. The van der Waals surface area contributed by atoms with Crippen LogP contribution in [0.1, 0.15) is 25.3 Å². The average molecular weight is 476 g/mol. The predicted molar refractivity (Wildman–Crippen MR) is 124 cm³/mol. The van der Waals surface area contributed by atoms with E-state index in [2.05, 4.69) is 19.1 Å². The van der Waals surface area contributed by atoms with Gasteiger partial charge in [-0.25, -0.2) is 8.42 Å². The molecule has 1 saturated heterocycles. The van der Waals surface area contributed by atoms with Crippen molar-refractivity contribution in [2.75, 3.05) is 33.3 Å². The lowest BCUT2D eigenvalue weighted by Crippen LogP contribution is -2.50. The zero-order valence-electron chi connectivity index (χ0n) is 18.8. The van der Waals surface area contributed by atoms with Crippen LogP contribution in [-0.2, 0) is 21.2 Å². The van der Waals surface area contributed by atoms with Gasteiger partial charge in [0.25, 0.3) is 0 Å². The lowest BCUT2D eigenvalue weighted by molar-refractivity contribution is -0.386. The Bertz CT molecular complexity index is 1080. The number of hydrogen-bond donors (Lipinski definition) is 0. The molecule has 0 saturated carbocycles. The van der Waals surface area contributed by atoms with Gasteiger partial charge in [-0.15, -0.1) is 0 Å². The molecular weight excluding hydrogens is 446 g/mol. The number of nitro groups is 1. The third-order valence-corrected chi connectivity index (χ3v) is 7.76. The van der Waals surface area contributed by atoms with Gasteiger partial charge in [0.2, 0.25) is 15.9 Å². The van der Waals surface area contributed by atoms with Crippen molar-refractivity contribution in [2.45, 2.75) is 31.1 Å². The van der Waals surface area contributed by atoms with E-state index in [4.69, 9.17) is 4.74 Å². The molecule has 1 unspecified atom stereocenters. The monoisotopic (exact) mass is 475 g/mol. The number of sulfonamides is 1. The first-order valence-electron chi connectivity index (χ1n) is 10.9. The molecule has 0 aromatic heterocycles. The van der Waals surface area contributed by atoms with Crippen molar-refractivity contribution >= 4 is 21.6 Å². The zero-order chi connectivity index (χ0) is 24.0. The summed E-state index contributed by atoms with van der Waals surface area (Å²) in [5.74, 6) is 0.239. The van der Waals surface area contributed by atoms with Gasteiger partial charge in [-0.3, -0.25) is 14.9 Å². The van der Waals surface area contributed by atoms with E-state index in [1.807, 2.05) is 18.2 Å². The number of carbonyl (C=O) groups excluding carboxylic acids is 1. The summed E-state index contributed by atoms with van der Waals surface area (Å²) < 4.78 is 32.2. The van der Waals surface area contributed by atoms with Crippen molar-refractivity contribution < 1.29 is 22.9 Å². The normalized spacial score (nSPS) is 15.8. The first-order valence-corrected chi connectivity index (χ1v) is 12.3. The highest BCUT2D eigenvalue weighted by Crippen LogP contribution is 2.31. The fraction of sp³-hybridized carbons (Fsp3) is 0.435. The number of aryl methyl sites for hydroxylation is 1. The van der Waals surface area contributed by atoms with Crippen molar-refractivity contribution in [3.05, 3.63) is 64.2 Å². The minimum Gasteiger partial charge on any atom is -0.490 e. The molecule has 1 amide bonds. The van der Waals surface area contributed by atoms with Gasteiger partial charge in [-0.2, -0.15) is 4.31 Å². The van der Waals surface area contributed by atoms with Crippen LogP contribution in [0.4, 0.5) is 5.69 Å². The lowest BCUT2D eigenvalue weighted by atomic mass is 9.97. The number of nitro benzene ring substituents is 1. The third kappa shape index (κ3) is 6.08. The molecule has 0 spiro atoms. The highest BCUT2D eigenvalue weighted by molar-refractivity contribution is 7.89. The number of piperazine rings is 1. The van der Waals surface area contributed by atoms with Gasteiger partial charge >= 0.3 is 5.69 Å². The summed E-state index contributed by atoms with van der Waals surface area (Å²) in [6.45, 7) is 2.93. The van der Waals surface area contributed by atoms with Crippen LogP contribution in [0.5, 0.6) is 5.75 Å². The Kier molecular flexibility index (Phi) is 8.04. The summed E-state index contributed by atoms with van der Waals surface area (Å²) >= 11 is 0. The maximum atomic E-state index is 13.0. The Morgan fingerprint density at radius 3 is 2.39 bits per heavy atom. The Hall–Kier alpha value is -2.98. The van der Waals surface area contributed by atoms with Gasteiger partial charge in [0.15, 0.2) is 5.75 Å². The first-order chi connectivity index (χ1) is 15.7. The predicted octanol–water partition coefficient (Wildman–Crippen LogP) is 3.10. The maximum absolute atomic E-state index is 13.0. The van der Waals surface area contributed by atoms with Gasteiger partial charge in [0.05, 0.1) is 16.9 Å². The van der Waals surface area contributed by atoms with Gasteiger partial charge in [0.1, 0.15) is 0 Å². The molecule has 0 aliphatic carbocycles. The molecule has 1 fully saturated rings. The molecule has 33 heavy (non-hydrogen) atoms. The molecule has 2 aromatic rings. The molecule has 178 valence electrons. The Morgan fingerprint density at radius 1 is 1.12 bits per heavy atom. The summed E-state index contributed by atoms with van der Waals surface area (Å²) in [6, 6.07) is 13.7. The van der Waals surface area contributed by atoms with Crippen LogP contribution in [0.2, 0.25) is 0 Å². The molecule has 0 radical (unpaired) electrons. The van der Waals surface area contributed by atoms with E-state index in [1.165, 1.54) is 29.1 Å². The van der Waals surface area contributed by atoms with Crippen LogP contribution in [0.3, 0.4) is 0 Å². The summed E-state index contributed by atoms with van der Waals surface area (Å²) in [5.41, 5.74) is 0.839. The van der Waals surface area contributed by atoms with E-state index in [1.54, 1.807) is 4.90 Å². The number of hydrogen-bond acceptors (Lipinski definition) is 6. The van der Waals surface area contributed by atoms with Crippen molar-refractivity contribution in [1.82, 2.24) is 9.21 Å². The van der Waals surface area contributed by atoms with Crippen LogP contribution >= 0.6 is 0 Å². The van der Waals surface area contributed by atoms with Crippen LogP contribution in [0.15, 0.2) is 53.4 Å². The summed E-state index contributed by atoms with van der Waals surface area (Å²) in [4.78, 5) is 24.8. The van der Waals surface area contributed by atoms with E-state index >= 15 is 0 Å². The van der Waals surface area contributed by atoms with E-state index in [0.29, 0.717) is 19.5 Å². The minimum atomic E-state index is -3.92.